The first kappa shape index (κ1) is 28.5. The molecule has 1 atom stereocenters. The summed E-state index contributed by atoms with van der Waals surface area (Å²) in [7, 11) is -3.77. The number of hydrogen-bond acceptors (Lipinski definition) is 4. The van der Waals surface area contributed by atoms with Gasteiger partial charge in [-0.15, -0.1) is 0 Å². The molecular formula is C26H33BrClN3O4S. The van der Waals surface area contributed by atoms with Crippen molar-refractivity contribution in [3.8, 4) is 0 Å². The molecule has 2 aromatic carbocycles. The number of hydrogen-bond donors (Lipinski definition) is 1. The van der Waals surface area contributed by atoms with Crippen LogP contribution in [0.4, 0.5) is 5.69 Å². The summed E-state index contributed by atoms with van der Waals surface area (Å²) in [4.78, 5) is 28.6. The van der Waals surface area contributed by atoms with Crippen LogP contribution in [0.3, 0.4) is 0 Å². The summed E-state index contributed by atoms with van der Waals surface area (Å²) in [5.41, 5.74) is 1.16. The lowest BCUT2D eigenvalue weighted by Gasteiger charge is -2.34. The number of carbonyl (C=O) groups is 2. The minimum absolute atomic E-state index is 0.0990. The Hall–Kier alpha value is -2.10. The van der Waals surface area contributed by atoms with Crippen molar-refractivity contribution in [2.75, 3.05) is 17.1 Å². The van der Waals surface area contributed by atoms with E-state index < -0.39 is 28.5 Å². The van der Waals surface area contributed by atoms with E-state index >= 15 is 0 Å². The summed E-state index contributed by atoms with van der Waals surface area (Å²) in [5, 5.41) is 3.70. The summed E-state index contributed by atoms with van der Waals surface area (Å²) >= 11 is 9.40. The average molecular weight is 599 g/mol. The molecule has 1 aliphatic rings. The Labute approximate surface area is 227 Å². The number of amides is 2. The van der Waals surface area contributed by atoms with Crippen molar-refractivity contribution in [1.29, 1.82) is 0 Å². The molecule has 0 aliphatic heterocycles. The quantitative estimate of drug-likeness (QED) is 0.411. The van der Waals surface area contributed by atoms with Gasteiger partial charge >= 0.3 is 0 Å². The highest BCUT2D eigenvalue weighted by atomic mass is 79.9. The van der Waals surface area contributed by atoms with E-state index in [4.69, 9.17) is 11.6 Å². The highest BCUT2D eigenvalue weighted by Gasteiger charge is 2.32. The fourth-order valence-electron chi connectivity index (χ4n) is 4.50. The molecule has 0 heterocycles. The van der Waals surface area contributed by atoms with E-state index in [1.807, 2.05) is 6.92 Å². The highest BCUT2D eigenvalue weighted by molar-refractivity contribution is 9.10. The minimum Gasteiger partial charge on any atom is -0.352 e. The molecule has 0 bridgehead atoms. The van der Waals surface area contributed by atoms with Gasteiger partial charge in [0.2, 0.25) is 21.8 Å². The molecular weight excluding hydrogens is 566 g/mol. The number of rotatable bonds is 10. The molecule has 0 unspecified atom stereocenters. The Bertz CT molecular complexity index is 1150. The number of halogens is 2. The molecule has 196 valence electrons. The maximum absolute atomic E-state index is 13.7. The molecule has 1 fully saturated rings. The second kappa shape index (κ2) is 12.9. The second-order valence-corrected chi connectivity index (χ2v) is 12.4. The Balaban J connectivity index is 1.90. The second-order valence-electron chi connectivity index (χ2n) is 9.17. The number of sulfonamides is 1. The molecule has 0 radical (unpaired) electrons. The monoisotopic (exact) mass is 597 g/mol. The summed E-state index contributed by atoms with van der Waals surface area (Å²) in [6.45, 7) is 1.59. The van der Waals surface area contributed by atoms with Gasteiger partial charge in [-0.2, -0.15) is 0 Å². The van der Waals surface area contributed by atoms with E-state index in [1.54, 1.807) is 48.5 Å². The van der Waals surface area contributed by atoms with Crippen LogP contribution in [-0.4, -0.2) is 50.0 Å². The third-order valence-electron chi connectivity index (χ3n) is 6.38. The van der Waals surface area contributed by atoms with Gasteiger partial charge in [0.05, 0.1) is 11.9 Å². The van der Waals surface area contributed by atoms with Gasteiger partial charge in [0.15, 0.2) is 0 Å². The summed E-state index contributed by atoms with van der Waals surface area (Å²) < 4.78 is 27.1. The molecule has 3 rings (SSSR count). The molecule has 2 aromatic rings. The van der Waals surface area contributed by atoms with Gasteiger partial charge < -0.3 is 10.2 Å². The van der Waals surface area contributed by atoms with Crippen LogP contribution in [0.25, 0.3) is 0 Å². The van der Waals surface area contributed by atoms with Gasteiger partial charge in [-0.1, -0.05) is 71.9 Å². The predicted octanol–water partition coefficient (Wildman–Crippen LogP) is 5.12. The number of benzene rings is 2. The molecule has 36 heavy (non-hydrogen) atoms. The largest absolute Gasteiger partial charge is 0.352 e. The first-order valence-electron chi connectivity index (χ1n) is 12.2. The van der Waals surface area contributed by atoms with Crippen molar-refractivity contribution in [1.82, 2.24) is 10.2 Å². The van der Waals surface area contributed by atoms with Crippen LogP contribution >= 0.6 is 27.5 Å². The summed E-state index contributed by atoms with van der Waals surface area (Å²) in [6, 6.07) is 13.2. The van der Waals surface area contributed by atoms with Crippen LogP contribution in [0.15, 0.2) is 53.0 Å². The van der Waals surface area contributed by atoms with Crippen LogP contribution in [0.2, 0.25) is 5.02 Å². The van der Waals surface area contributed by atoms with Crippen LogP contribution < -0.4 is 9.62 Å². The van der Waals surface area contributed by atoms with Crippen LogP contribution in [0.5, 0.6) is 0 Å². The fraction of sp³-hybridized carbons (Fsp3) is 0.462. The van der Waals surface area contributed by atoms with Crippen molar-refractivity contribution < 1.29 is 18.0 Å². The maximum Gasteiger partial charge on any atom is 0.244 e. The number of carbonyl (C=O) groups excluding carboxylic acids is 2. The molecule has 0 aromatic heterocycles. The van der Waals surface area contributed by atoms with E-state index in [-0.39, 0.29) is 18.5 Å². The van der Waals surface area contributed by atoms with Gasteiger partial charge in [-0.3, -0.25) is 13.9 Å². The van der Waals surface area contributed by atoms with Gasteiger partial charge in [0.1, 0.15) is 12.6 Å². The Morgan fingerprint density at radius 1 is 1.11 bits per heavy atom. The predicted molar refractivity (Wildman–Crippen MR) is 147 cm³/mol. The van der Waals surface area contributed by atoms with E-state index in [9.17, 15) is 18.0 Å². The van der Waals surface area contributed by atoms with Crippen molar-refractivity contribution in [3.05, 3.63) is 63.6 Å². The number of nitrogens with zero attached hydrogens (tertiary/aromatic N) is 2. The molecule has 1 saturated carbocycles. The third kappa shape index (κ3) is 7.95. The molecule has 1 N–H and O–H groups in total. The lowest BCUT2D eigenvalue weighted by molar-refractivity contribution is -0.140. The standard InChI is InChI=1S/C26H33BrClN3O4S/c1-3-24(26(33)29-22-9-5-4-6-10-22)30(17-19-12-14-21(28)15-13-19)25(32)18-31(36(2,34)35)23-11-7-8-20(27)16-23/h7-8,11-16,22,24H,3-6,9-10,17-18H2,1-2H3,(H,29,33)/t24-/m1/s1. The van der Waals surface area contributed by atoms with E-state index in [0.29, 0.717) is 21.6 Å². The Morgan fingerprint density at radius 2 is 1.78 bits per heavy atom. The van der Waals surface area contributed by atoms with E-state index in [1.165, 1.54) is 11.3 Å². The number of nitrogens with one attached hydrogen (secondary N) is 1. The third-order valence-corrected chi connectivity index (χ3v) is 8.26. The maximum atomic E-state index is 13.7. The van der Waals surface area contributed by atoms with Crippen molar-refractivity contribution in [3.63, 3.8) is 0 Å². The molecule has 1 aliphatic carbocycles. The van der Waals surface area contributed by atoms with Crippen molar-refractivity contribution in [2.24, 2.45) is 0 Å². The normalized spacial score (nSPS) is 15.2. The topological polar surface area (TPSA) is 86.8 Å². The first-order chi connectivity index (χ1) is 17.1. The van der Waals surface area contributed by atoms with Crippen molar-refractivity contribution >= 4 is 55.1 Å². The number of anilines is 1. The lowest BCUT2D eigenvalue weighted by Crippen LogP contribution is -2.53. The van der Waals surface area contributed by atoms with Crippen LogP contribution in [0, 0.1) is 0 Å². The van der Waals surface area contributed by atoms with Crippen molar-refractivity contribution in [2.45, 2.75) is 64.1 Å². The van der Waals surface area contributed by atoms with Crippen LogP contribution in [0.1, 0.15) is 51.0 Å². The SMILES string of the molecule is CC[C@H](C(=O)NC1CCCCC1)N(Cc1ccc(Cl)cc1)C(=O)CN(c1cccc(Br)c1)S(C)(=O)=O. The van der Waals surface area contributed by atoms with Gasteiger partial charge in [-0.25, -0.2) is 8.42 Å². The fourth-order valence-corrected chi connectivity index (χ4v) is 5.85. The molecule has 7 nitrogen and oxygen atoms in total. The van der Waals surface area contributed by atoms with E-state index in [0.717, 1.165) is 41.8 Å². The molecule has 0 spiro atoms. The molecule has 0 saturated heterocycles. The zero-order valence-electron chi connectivity index (χ0n) is 20.6. The van der Waals surface area contributed by atoms with Gasteiger partial charge in [-0.05, 0) is 55.2 Å². The zero-order chi connectivity index (χ0) is 26.3. The van der Waals surface area contributed by atoms with Crippen LogP contribution in [-0.2, 0) is 26.2 Å². The minimum atomic E-state index is -3.77. The average Bonchev–Trinajstić information content (AvgIpc) is 2.83. The highest BCUT2D eigenvalue weighted by Crippen LogP contribution is 2.24. The lowest BCUT2D eigenvalue weighted by atomic mass is 9.95. The zero-order valence-corrected chi connectivity index (χ0v) is 23.8. The Kier molecular flexibility index (Phi) is 10.2. The summed E-state index contributed by atoms with van der Waals surface area (Å²) in [6.07, 6.45) is 6.64. The first-order valence-corrected chi connectivity index (χ1v) is 15.2. The smallest absolute Gasteiger partial charge is 0.244 e. The van der Waals surface area contributed by atoms with Gasteiger partial charge in [0.25, 0.3) is 0 Å². The molecule has 2 amide bonds. The Morgan fingerprint density at radius 3 is 2.36 bits per heavy atom. The van der Waals surface area contributed by atoms with Gasteiger partial charge in [0, 0.05) is 22.1 Å². The summed E-state index contributed by atoms with van der Waals surface area (Å²) in [5.74, 6) is -0.666. The molecule has 10 heteroatoms. The van der Waals surface area contributed by atoms with E-state index in [2.05, 4.69) is 21.2 Å².